The zero-order chi connectivity index (χ0) is 18.5. The molecule has 140 valence electrons. The molecule has 1 aromatic rings. The molecular formula is C16H21N5O4S. The quantitative estimate of drug-likeness (QED) is 0.482. The first-order valence-electron chi connectivity index (χ1n) is 8.61. The minimum Gasteiger partial charge on any atom is -0.341 e. The van der Waals surface area contributed by atoms with Crippen molar-refractivity contribution in [1.29, 1.82) is 0 Å². The summed E-state index contributed by atoms with van der Waals surface area (Å²) in [6, 6.07) is 0. The van der Waals surface area contributed by atoms with Crippen LogP contribution in [0.3, 0.4) is 0 Å². The third-order valence-electron chi connectivity index (χ3n) is 5.31. The Morgan fingerprint density at radius 3 is 2.81 bits per heavy atom. The van der Waals surface area contributed by atoms with Gasteiger partial charge in [0.05, 0.1) is 16.9 Å². The van der Waals surface area contributed by atoms with Crippen LogP contribution in [0.25, 0.3) is 0 Å². The van der Waals surface area contributed by atoms with E-state index in [0.29, 0.717) is 38.0 Å². The summed E-state index contributed by atoms with van der Waals surface area (Å²) in [5, 5.41) is 12.3. The van der Waals surface area contributed by atoms with Crippen LogP contribution in [0.5, 0.6) is 0 Å². The normalized spacial score (nSPS) is 30.2. The molecule has 26 heavy (non-hydrogen) atoms. The van der Waals surface area contributed by atoms with E-state index in [-0.39, 0.29) is 11.8 Å². The first-order chi connectivity index (χ1) is 12.4. The Morgan fingerprint density at radius 2 is 2.15 bits per heavy atom. The van der Waals surface area contributed by atoms with E-state index in [0.717, 1.165) is 5.56 Å². The van der Waals surface area contributed by atoms with Gasteiger partial charge in [-0.3, -0.25) is 19.4 Å². The Morgan fingerprint density at radius 1 is 1.38 bits per heavy atom. The predicted molar refractivity (Wildman–Crippen MR) is 92.3 cm³/mol. The van der Waals surface area contributed by atoms with Crippen molar-refractivity contribution in [2.75, 3.05) is 6.54 Å². The van der Waals surface area contributed by atoms with Crippen molar-refractivity contribution >= 4 is 21.8 Å². The first-order valence-corrected chi connectivity index (χ1v) is 10.2. The monoisotopic (exact) mass is 379 g/mol. The van der Waals surface area contributed by atoms with Crippen molar-refractivity contribution in [1.82, 2.24) is 25.6 Å². The van der Waals surface area contributed by atoms with Crippen LogP contribution in [-0.4, -0.2) is 47.8 Å². The van der Waals surface area contributed by atoms with Crippen molar-refractivity contribution in [3.05, 3.63) is 30.1 Å². The van der Waals surface area contributed by atoms with Crippen LogP contribution in [-0.2, 0) is 26.2 Å². The lowest BCUT2D eigenvalue weighted by atomic mass is 9.96. The van der Waals surface area contributed by atoms with Gasteiger partial charge in [0.2, 0.25) is 15.9 Å². The lowest BCUT2D eigenvalue weighted by Gasteiger charge is -2.25. The molecule has 10 heteroatoms. The van der Waals surface area contributed by atoms with Crippen molar-refractivity contribution in [2.24, 2.45) is 5.92 Å². The van der Waals surface area contributed by atoms with E-state index in [9.17, 15) is 18.0 Å². The molecule has 0 bridgehead atoms. The standard InChI is InChI=1S/C16H21N5O4S/c1-2-10-5-16(10,15(23)21-26(24,25)11-3-4-11)19-14(22)12-8-17-6-9-7-18-20-13(9)12/h2,7,10-12,17H,1,3-6,8H2,(H,18,20)(H,19,22)(H,21,23)/t10-,12?,16-/m1/s1. The van der Waals surface area contributed by atoms with E-state index in [1.807, 2.05) is 0 Å². The highest BCUT2D eigenvalue weighted by molar-refractivity contribution is 7.91. The van der Waals surface area contributed by atoms with Crippen LogP contribution >= 0.6 is 0 Å². The Kier molecular flexibility index (Phi) is 3.92. The molecule has 1 unspecified atom stereocenters. The zero-order valence-corrected chi connectivity index (χ0v) is 14.9. The summed E-state index contributed by atoms with van der Waals surface area (Å²) < 4.78 is 26.3. The Bertz CT molecular complexity index is 875. The summed E-state index contributed by atoms with van der Waals surface area (Å²) >= 11 is 0. The summed E-state index contributed by atoms with van der Waals surface area (Å²) in [5.74, 6) is -1.88. The lowest BCUT2D eigenvalue weighted by molar-refractivity contribution is -0.130. The molecule has 0 radical (unpaired) electrons. The maximum atomic E-state index is 12.8. The number of amides is 2. The SMILES string of the molecule is C=C[C@@H]1C[C@]1(NC(=O)C1CNCc2c[nH]nc21)C(=O)NS(=O)(=O)C1CC1. The molecular weight excluding hydrogens is 358 g/mol. The van der Waals surface area contributed by atoms with E-state index < -0.39 is 32.6 Å². The smallest absolute Gasteiger partial charge is 0.259 e. The molecule has 3 atom stereocenters. The molecule has 2 aliphatic carbocycles. The second-order valence-corrected chi connectivity index (χ2v) is 9.12. The van der Waals surface area contributed by atoms with Crippen LogP contribution in [0.4, 0.5) is 0 Å². The van der Waals surface area contributed by atoms with Crippen molar-refractivity contribution < 1.29 is 18.0 Å². The number of fused-ring (bicyclic) bond motifs is 1. The Labute approximate surface area is 151 Å². The summed E-state index contributed by atoms with van der Waals surface area (Å²) in [6.45, 7) is 4.71. The summed E-state index contributed by atoms with van der Waals surface area (Å²) in [5.41, 5.74) is 0.301. The molecule has 2 saturated carbocycles. The molecule has 4 N–H and O–H groups in total. The maximum absolute atomic E-state index is 12.8. The number of aromatic nitrogens is 2. The minimum atomic E-state index is -3.68. The number of carbonyl (C=O) groups excluding carboxylic acids is 2. The minimum absolute atomic E-state index is 0.295. The highest BCUT2D eigenvalue weighted by Crippen LogP contribution is 2.45. The van der Waals surface area contributed by atoms with E-state index >= 15 is 0 Å². The molecule has 2 fully saturated rings. The number of H-pyrrole nitrogens is 1. The second kappa shape index (κ2) is 5.92. The molecule has 0 spiro atoms. The van der Waals surface area contributed by atoms with Crippen LogP contribution in [0.1, 0.15) is 36.4 Å². The largest absolute Gasteiger partial charge is 0.341 e. The number of hydrogen-bond donors (Lipinski definition) is 4. The first kappa shape index (κ1) is 17.2. The highest BCUT2D eigenvalue weighted by atomic mass is 32.2. The summed E-state index contributed by atoms with van der Waals surface area (Å²) in [4.78, 5) is 25.5. The fourth-order valence-electron chi connectivity index (χ4n) is 3.46. The summed E-state index contributed by atoms with van der Waals surface area (Å²) in [7, 11) is -3.68. The average Bonchev–Trinajstić information content (AvgIpc) is 3.51. The van der Waals surface area contributed by atoms with Crippen LogP contribution in [0, 0.1) is 5.92 Å². The molecule has 1 aliphatic heterocycles. The topological polar surface area (TPSA) is 133 Å². The Hall–Kier alpha value is -2.20. The van der Waals surface area contributed by atoms with Gasteiger partial charge < -0.3 is 10.6 Å². The zero-order valence-electron chi connectivity index (χ0n) is 14.1. The third kappa shape index (κ3) is 2.82. The molecule has 2 amide bonds. The van der Waals surface area contributed by atoms with Gasteiger partial charge in [-0.05, 0) is 19.3 Å². The number of aromatic amines is 1. The molecule has 3 aliphatic rings. The van der Waals surface area contributed by atoms with Gasteiger partial charge in [-0.2, -0.15) is 5.10 Å². The van der Waals surface area contributed by atoms with Gasteiger partial charge in [0.1, 0.15) is 5.54 Å². The third-order valence-corrected chi connectivity index (χ3v) is 7.13. The van der Waals surface area contributed by atoms with Crippen LogP contribution in [0.15, 0.2) is 18.9 Å². The maximum Gasteiger partial charge on any atom is 0.259 e. The van der Waals surface area contributed by atoms with Crippen LogP contribution < -0.4 is 15.4 Å². The van der Waals surface area contributed by atoms with E-state index in [4.69, 9.17) is 0 Å². The van der Waals surface area contributed by atoms with Gasteiger partial charge in [-0.25, -0.2) is 8.42 Å². The lowest BCUT2D eigenvalue weighted by Crippen LogP contribution is -2.54. The predicted octanol–water partition coefficient (Wildman–Crippen LogP) is -0.734. The summed E-state index contributed by atoms with van der Waals surface area (Å²) in [6.07, 6.45) is 4.76. The van der Waals surface area contributed by atoms with E-state index in [2.05, 4.69) is 32.1 Å². The van der Waals surface area contributed by atoms with Crippen molar-refractivity contribution in [3.63, 3.8) is 0 Å². The van der Waals surface area contributed by atoms with Gasteiger partial charge in [-0.1, -0.05) is 6.08 Å². The van der Waals surface area contributed by atoms with E-state index in [1.54, 1.807) is 12.3 Å². The molecule has 0 saturated heterocycles. The number of sulfonamides is 1. The van der Waals surface area contributed by atoms with Crippen molar-refractivity contribution in [3.8, 4) is 0 Å². The number of hydrogen-bond acceptors (Lipinski definition) is 6. The Balaban J connectivity index is 1.52. The van der Waals surface area contributed by atoms with Gasteiger partial charge in [0.25, 0.3) is 5.91 Å². The van der Waals surface area contributed by atoms with Crippen molar-refractivity contribution in [2.45, 2.75) is 42.5 Å². The molecule has 4 rings (SSSR count). The second-order valence-electron chi connectivity index (χ2n) is 7.16. The van der Waals surface area contributed by atoms with Crippen LogP contribution in [0.2, 0.25) is 0 Å². The number of carbonyl (C=O) groups is 2. The molecule has 2 heterocycles. The number of nitrogens with one attached hydrogen (secondary N) is 4. The number of rotatable bonds is 6. The highest BCUT2D eigenvalue weighted by Gasteiger charge is 2.61. The molecule has 1 aromatic heterocycles. The van der Waals surface area contributed by atoms with Gasteiger partial charge >= 0.3 is 0 Å². The average molecular weight is 379 g/mol. The number of nitrogens with zero attached hydrogens (tertiary/aromatic N) is 1. The molecule has 0 aromatic carbocycles. The van der Waals surface area contributed by atoms with E-state index in [1.165, 1.54) is 0 Å². The molecule has 9 nitrogen and oxygen atoms in total. The van der Waals surface area contributed by atoms with Gasteiger partial charge in [-0.15, -0.1) is 6.58 Å². The fraction of sp³-hybridized carbons (Fsp3) is 0.562. The van der Waals surface area contributed by atoms with Gasteiger partial charge in [0.15, 0.2) is 0 Å². The fourth-order valence-corrected chi connectivity index (χ4v) is 4.82. The van der Waals surface area contributed by atoms with Gasteiger partial charge in [0, 0.05) is 30.8 Å².